The molecule has 0 aromatic rings. The topological polar surface area (TPSA) is 54.3 Å². The van der Waals surface area contributed by atoms with E-state index in [1.807, 2.05) is 21.0 Å². The van der Waals surface area contributed by atoms with Crippen LogP contribution in [0.3, 0.4) is 0 Å². The highest BCUT2D eigenvalue weighted by Crippen LogP contribution is 2.68. The molecule has 0 N–H and O–H groups in total. The second-order valence-corrected chi connectivity index (χ2v) is 12.8. The predicted octanol–water partition coefficient (Wildman–Crippen LogP) is 7.59. The second kappa shape index (κ2) is 12.1. The van der Waals surface area contributed by atoms with Crippen molar-refractivity contribution in [2.24, 2.45) is 56.4 Å². The fourth-order valence-corrected chi connectivity index (χ4v) is 9.52. The number of aliphatic imine (C=N–C) groups is 1. The summed E-state index contributed by atoms with van der Waals surface area (Å²) in [5, 5.41) is 5.66. The van der Waals surface area contributed by atoms with E-state index < -0.39 is 5.95 Å². The number of hydrogen-bond donors (Lipinski definition) is 0. The second-order valence-electron chi connectivity index (χ2n) is 12.8. The van der Waals surface area contributed by atoms with Gasteiger partial charge in [-0.15, -0.1) is 0 Å². The third-order valence-electron chi connectivity index (χ3n) is 11.1. The summed E-state index contributed by atoms with van der Waals surface area (Å²) in [7, 11) is 1.89. The number of carbonyl (C=O) groups is 1. The molecule has 0 spiro atoms. The molecular formula is C32H50FN3O2. The van der Waals surface area contributed by atoms with Crippen molar-refractivity contribution in [2.45, 2.75) is 91.9 Å². The Labute approximate surface area is 230 Å². The SMILES string of the molecule is C=NN(/C=C1/C=C(F)N=CC1)CC(=O)C1CCC2C3CCC4CC(C)CCC4(COC)C3CCC12C.CC. The van der Waals surface area contributed by atoms with Crippen LogP contribution in [0.25, 0.3) is 0 Å². The van der Waals surface area contributed by atoms with Crippen LogP contribution < -0.4 is 0 Å². The first-order chi connectivity index (χ1) is 18.3. The summed E-state index contributed by atoms with van der Waals surface area (Å²) in [6, 6.07) is 0. The fraction of sp³-hybridized carbons (Fsp3) is 0.781. The summed E-state index contributed by atoms with van der Waals surface area (Å²) in [5.41, 5.74) is 1.15. The molecule has 5 aliphatic rings. The minimum Gasteiger partial charge on any atom is -0.384 e. The Kier molecular flexibility index (Phi) is 9.32. The van der Waals surface area contributed by atoms with Gasteiger partial charge < -0.3 is 4.74 Å². The summed E-state index contributed by atoms with van der Waals surface area (Å²) in [5.74, 6) is 3.51. The molecule has 0 aromatic heterocycles. The molecule has 4 aliphatic carbocycles. The summed E-state index contributed by atoms with van der Waals surface area (Å²) in [4.78, 5) is 17.3. The van der Waals surface area contributed by atoms with Gasteiger partial charge in [-0.2, -0.15) is 9.49 Å². The lowest BCUT2D eigenvalue weighted by molar-refractivity contribution is -0.154. The Morgan fingerprint density at radius 1 is 1.21 bits per heavy atom. The van der Waals surface area contributed by atoms with E-state index in [0.29, 0.717) is 23.7 Å². The fourth-order valence-electron chi connectivity index (χ4n) is 9.52. The molecule has 38 heavy (non-hydrogen) atoms. The number of ketones is 1. The Morgan fingerprint density at radius 2 is 2.00 bits per heavy atom. The molecule has 0 bridgehead atoms. The predicted molar refractivity (Wildman–Crippen MR) is 154 cm³/mol. The van der Waals surface area contributed by atoms with Gasteiger partial charge in [0.15, 0.2) is 5.78 Å². The third kappa shape index (κ3) is 5.31. The molecule has 0 amide bonds. The molecule has 0 radical (unpaired) electrons. The van der Waals surface area contributed by atoms with Crippen LogP contribution in [0.5, 0.6) is 0 Å². The highest BCUT2D eigenvalue weighted by Gasteiger charge is 2.62. The Bertz CT molecular complexity index is 960. The van der Waals surface area contributed by atoms with Crippen molar-refractivity contribution in [1.29, 1.82) is 0 Å². The quantitative estimate of drug-likeness (QED) is 0.195. The number of halogens is 1. The van der Waals surface area contributed by atoms with Gasteiger partial charge >= 0.3 is 0 Å². The van der Waals surface area contributed by atoms with Gasteiger partial charge in [-0.1, -0.05) is 34.1 Å². The molecule has 6 heteroatoms. The van der Waals surface area contributed by atoms with Gasteiger partial charge in [0.2, 0.25) is 5.95 Å². The molecule has 4 fully saturated rings. The first kappa shape index (κ1) is 29.2. The summed E-state index contributed by atoms with van der Waals surface area (Å²) >= 11 is 0. The van der Waals surface area contributed by atoms with Crippen molar-refractivity contribution in [3.05, 3.63) is 23.8 Å². The van der Waals surface area contributed by atoms with E-state index in [9.17, 15) is 9.18 Å². The number of Topliss-reactive ketones (excluding diaryl/α,β-unsaturated/α-hetero) is 1. The van der Waals surface area contributed by atoms with Crippen molar-refractivity contribution >= 4 is 18.7 Å². The van der Waals surface area contributed by atoms with E-state index in [4.69, 9.17) is 4.74 Å². The van der Waals surface area contributed by atoms with E-state index in [1.54, 1.807) is 17.4 Å². The Morgan fingerprint density at radius 3 is 2.71 bits per heavy atom. The van der Waals surface area contributed by atoms with Gasteiger partial charge in [0.1, 0.15) is 0 Å². The van der Waals surface area contributed by atoms with Gasteiger partial charge in [-0.25, -0.2) is 4.99 Å². The highest BCUT2D eigenvalue weighted by molar-refractivity contribution is 5.84. The number of allylic oxidation sites excluding steroid dienone is 2. The average molecular weight is 528 g/mol. The minimum absolute atomic E-state index is 0.0603. The van der Waals surface area contributed by atoms with Gasteiger partial charge in [0.05, 0.1) is 13.2 Å². The smallest absolute Gasteiger partial charge is 0.212 e. The van der Waals surface area contributed by atoms with Crippen molar-refractivity contribution < 1.29 is 13.9 Å². The zero-order valence-corrected chi connectivity index (χ0v) is 24.4. The zero-order chi connectivity index (χ0) is 27.5. The van der Waals surface area contributed by atoms with E-state index in [-0.39, 0.29) is 23.7 Å². The van der Waals surface area contributed by atoms with E-state index in [2.05, 4.69) is 30.7 Å². The van der Waals surface area contributed by atoms with Crippen LogP contribution in [0.1, 0.15) is 91.9 Å². The van der Waals surface area contributed by atoms with Crippen LogP contribution >= 0.6 is 0 Å². The lowest BCUT2D eigenvalue weighted by atomic mass is 9.44. The zero-order valence-electron chi connectivity index (χ0n) is 24.4. The van der Waals surface area contributed by atoms with Gasteiger partial charge in [-0.05, 0) is 103 Å². The Balaban J connectivity index is 0.00000164. The number of fused-ring (bicyclic) bond motifs is 5. The van der Waals surface area contributed by atoms with Gasteiger partial charge in [-0.3, -0.25) is 9.80 Å². The lowest BCUT2D eigenvalue weighted by Gasteiger charge is -2.62. The van der Waals surface area contributed by atoms with Crippen LogP contribution in [0.15, 0.2) is 33.9 Å². The molecule has 8 unspecified atom stereocenters. The molecule has 4 saturated carbocycles. The molecule has 5 nitrogen and oxygen atoms in total. The first-order valence-electron chi connectivity index (χ1n) is 15.2. The molecule has 8 atom stereocenters. The normalized spacial score (nSPS) is 40.7. The lowest BCUT2D eigenvalue weighted by Crippen LogP contribution is -2.56. The maximum absolute atomic E-state index is 13.7. The van der Waals surface area contributed by atoms with Crippen LogP contribution in [-0.4, -0.2) is 44.0 Å². The van der Waals surface area contributed by atoms with Crippen LogP contribution in [0.2, 0.25) is 0 Å². The molecule has 0 aromatic carbocycles. The van der Waals surface area contributed by atoms with Crippen LogP contribution in [0, 0.1) is 46.3 Å². The largest absolute Gasteiger partial charge is 0.384 e. The van der Waals surface area contributed by atoms with E-state index in [1.165, 1.54) is 44.6 Å². The van der Waals surface area contributed by atoms with E-state index >= 15 is 0 Å². The summed E-state index contributed by atoms with van der Waals surface area (Å²) < 4.78 is 19.5. The van der Waals surface area contributed by atoms with Crippen LogP contribution in [-0.2, 0) is 9.53 Å². The number of methoxy groups -OCH3 is 1. The number of rotatable bonds is 7. The molecule has 0 saturated heterocycles. The number of ether oxygens (including phenoxy) is 1. The summed E-state index contributed by atoms with van der Waals surface area (Å²) in [6.07, 6.45) is 16.4. The van der Waals surface area contributed by atoms with Crippen molar-refractivity contribution in [3.63, 3.8) is 0 Å². The van der Waals surface area contributed by atoms with Gasteiger partial charge in [0.25, 0.3) is 0 Å². The van der Waals surface area contributed by atoms with Crippen molar-refractivity contribution in [3.8, 4) is 0 Å². The standard InChI is InChI=1S/C30H44FN3O2.C2H6/c1-20-9-13-30(19-36-4)22(15-20)5-6-23-24-7-8-26(29(24,2)12-10-25(23)30)27(35)18-34(32-3)17-21-11-14-33-28(31)16-21;1-2/h14,16-17,20,22-26H,3,5-13,15,18-19H2,1-2,4H3;1-2H3/b21-17+;. The number of carbonyl (C=O) groups excluding carboxylic acids is 1. The van der Waals surface area contributed by atoms with Gasteiger partial charge in [0, 0.05) is 38.6 Å². The van der Waals surface area contributed by atoms with Crippen LogP contribution in [0.4, 0.5) is 4.39 Å². The van der Waals surface area contributed by atoms with Crippen molar-refractivity contribution in [1.82, 2.24) is 5.01 Å². The molecule has 1 aliphatic heterocycles. The highest BCUT2D eigenvalue weighted by atomic mass is 19.1. The monoisotopic (exact) mass is 527 g/mol. The number of nitrogens with zero attached hydrogens (tertiary/aromatic N) is 3. The van der Waals surface area contributed by atoms with Crippen molar-refractivity contribution in [2.75, 3.05) is 20.3 Å². The average Bonchev–Trinajstić information content (AvgIpc) is 3.27. The molecule has 212 valence electrons. The number of hydrazone groups is 1. The molecule has 5 rings (SSSR count). The Hall–Kier alpha value is -1.82. The summed E-state index contributed by atoms with van der Waals surface area (Å²) in [6.45, 7) is 13.6. The third-order valence-corrected chi connectivity index (χ3v) is 11.1. The number of hydrogen-bond acceptors (Lipinski definition) is 5. The molecule has 1 heterocycles. The maximum atomic E-state index is 13.7. The van der Waals surface area contributed by atoms with E-state index in [0.717, 1.165) is 49.2 Å². The first-order valence-corrected chi connectivity index (χ1v) is 15.2. The molecular weight excluding hydrogens is 477 g/mol. The maximum Gasteiger partial charge on any atom is 0.212 e. The minimum atomic E-state index is -0.515.